The molecule has 1 amide bonds. The van der Waals surface area contributed by atoms with Crippen LogP contribution in [-0.2, 0) is 20.7 Å². The van der Waals surface area contributed by atoms with E-state index < -0.39 is 25.1 Å². The molecule has 0 bridgehead atoms. The maximum atomic E-state index is 12.1. The number of amides is 1. The van der Waals surface area contributed by atoms with Crippen LogP contribution in [0.15, 0.2) is 30.5 Å². The van der Waals surface area contributed by atoms with Crippen molar-refractivity contribution < 1.29 is 24.4 Å². The van der Waals surface area contributed by atoms with Crippen molar-refractivity contribution in [1.82, 2.24) is 10.3 Å². The number of carboxylic acids is 1. The molecule has 2 unspecified atom stereocenters. The highest BCUT2D eigenvalue weighted by molar-refractivity contribution is 6.45. The molecule has 1 aliphatic heterocycles. The Bertz CT molecular complexity index is 610. The summed E-state index contributed by atoms with van der Waals surface area (Å²) in [6.07, 6.45) is 4.27. The summed E-state index contributed by atoms with van der Waals surface area (Å²) in [5, 5.41) is 21.4. The number of aliphatic carboxylic acids is 1. The van der Waals surface area contributed by atoms with Crippen LogP contribution in [0.5, 0.6) is 0 Å². The molecule has 2 rings (SSSR count). The molecule has 2 atom stereocenters. The SMILES string of the molecule is Nc1cc(CC(=O)NC2CC=CC(CC(=O)O)OB2O)ccn1. The summed E-state index contributed by atoms with van der Waals surface area (Å²) >= 11 is 0. The highest BCUT2D eigenvalue weighted by Crippen LogP contribution is 2.13. The lowest BCUT2D eigenvalue weighted by Crippen LogP contribution is -2.48. The number of nitrogen functional groups attached to an aromatic ring is 1. The Morgan fingerprint density at radius 1 is 1.52 bits per heavy atom. The number of anilines is 1. The second kappa shape index (κ2) is 7.75. The van der Waals surface area contributed by atoms with Gasteiger partial charge in [0.15, 0.2) is 0 Å². The summed E-state index contributed by atoms with van der Waals surface area (Å²) in [7, 11) is -1.28. The van der Waals surface area contributed by atoms with Crippen molar-refractivity contribution in [2.75, 3.05) is 5.73 Å². The van der Waals surface area contributed by atoms with Crippen molar-refractivity contribution in [2.45, 2.75) is 31.3 Å². The van der Waals surface area contributed by atoms with Crippen LogP contribution in [0.1, 0.15) is 18.4 Å². The molecule has 23 heavy (non-hydrogen) atoms. The number of hydrogen-bond donors (Lipinski definition) is 4. The predicted molar refractivity (Wildman–Crippen MR) is 83.1 cm³/mol. The highest BCUT2D eigenvalue weighted by Gasteiger charge is 2.32. The van der Waals surface area contributed by atoms with Gasteiger partial charge >= 0.3 is 13.1 Å². The van der Waals surface area contributed by atoms with E-state index in [0.29, 0.717) is 17.8 Å². The molecule has 5 N–H and O–H groups in total. The molecular formula is C14H18BN3O5. The van der Waals surface area contributed by atoms with Crippen molar-refractivity contribution in [3.05, 3.63) is 36.0 Å². The van der Waals surface area contributed by atoms with Gasteiger partial charge in [-0.15, -0.1) is 0 Å². The van der Waals surface area contributed by atoms with E-state index in [1.165, 1.54) is 6.20 Å². The third kappa shape index (κ3) is 5.39. The zero-order valence-electron chi connectivity index (χ0n) is 12.4. The van der Waals surface area contributed by atoms with E-state index in [1.807, 2.05) is 0 Å². The molecule has 0 radical (unpaired) electrons. The first-order chi connectivity index (χ1) is 10.9. The van der Waals surface area contributed by atoms with Crippen LogP contribution in [0.3, 0.4) is 0 Å². The van der Waals surface area contributed by atoms with Crippen molar-refractivity contribution in [3.8, 4) is 0 Å². The molecule has 0 saturated heterocycles. The smallest absolute Gasteiger partial charge is 0.478 e. The van der Waals surface area contributed by atoms with Gasteiger partial charge in [0.05, 0.1) is 24.9 Å². The number of carboxylic acid groups (broad SMARTS) is 1. The molecule has 8 nitrogen and oxygen atoms in total. The Morgan fingerprint density at radius 3 is 3.00 bits per heavy atom. The third-order valence-electron chi connectivity index (χ3n) is 3.33. The minimum atomic E-state index is -1.28. The van der Waals surface area contributed by atoms with Crippen molar-refractivity contribution >= 4 is 24.8 Å². The largest absolute Gasteiger partial charge is 0.481 e. The highest BCUT2D eigenvalue weighted by atomic mass is 16.5. The van der Waals surface area contributed by atoms with Gasteiger partial charge in [-0.05, 0) is 24.1 Å². The number of aromatic nitrogens is 1. The Morgan fingerprint density at radius 2 is 2.30 bits per heavy atom. The molecule has 1 aliphatic rings. The first kappa shape index (κ1) is 17.0. The molecule has 0 aromatic carbocycles. The number of carbonyl (C=O) groups is 2. The second-order valence-corrected chi connectivity index (χ2v) is 5.27. The lowest BCUT2D eigenvalue weighted by molar-refractivity contribution is -0.138. The van der Waals surface area contributed by atoms with Gasteiger partial charge in [-0.2, -0.15) is 0 Å². The van der Waals surface area contributed by atoms with Crippen LogP contribution in [0, 0.1) is 0 Å². The molecular weight excluding hydrogens is 301 g/mol. The van der Waals surface area contributed by atoms with E-state index in [2.05, 4.69) is 10.3 Å². The molecule has 2 heterocycles. The Kier molecular flexibility index (Phi) is 5.72. The van der Waals surface area contributed by atoms with E-state index >= 15 is 0 Å². The number of nitrogens with one attached hydrogen (secondary N) is 1. The molecule has 0 spiro atoms. The van der Waals surface area contributed by atoms with E-state index in [9.17, 15) is 14.6 Å². The summed E-state index contributed by atoms with van der Waals surface area (Å²) in [6, 6.07) is 3.28. The topological polar surface area (TPSA) is 135 Å². The van der Waals surface area contributed by atoms with Crippen LogP contribution in [0.2, 0.25) is 0 Å². The fourth-order valence-corrected chi connectivity index (χ4v) is 2.28. The maximum Gasteiger partial charge on any atom is 0.478 e. The van der Waals surface area contributed by atoms with Gasteiger partial charge in [-0.3, -0.25) is 9.59 Å². The van der Waals surface area contributed by atoms with Crippen LogP contribution in [-0.4, -0.2) is 46.2 Å². The first-order valence-electron chi connectivity index (χ1n) is 7.16. The molecule has 122 valence electrons. The van der Waals surface area contributed by atoms with Gasteiger partial charge in [0.25, 0.3) is 0 Å². The summed E-state index contributed by atoms with van der Waals surface area (Å²) in [5.41, 5.74) is 6.26. The molecule has 9 heteroatoms. The van der Waals surface area contributed by atoms with Gasteiger partial charge in [0, 0.05) is 6.20 Å². The van der Waals surface area contributed by atoms with Crippen LogP contribution >= 0.6 is 0 Å². The minimum Gasteiger partial charge on any atom is -0.481 e. The first-order valence-corrected chi connectivity index (χ1v) is 7.16. The lowest BCUT2D eigenvalue weighted by atomic mass is 9.77. The van der Waals surface area contributed by atoms with E-state index in [1.54, 1.807) is 24.3 Å². The molecule has 1 aromatic rings. The van der Waals surface area contributed by atoms with Gasteiger partial charge in [-0.1, -0.05) is 12.2 Å². The number of pyridine rings is 1. The van der Waals surface area contributed by atoms with E-state index in [4.69, 9.17) is 15.5 Å². The normalized spacial score (nSPS) is 20.8. The number of carbonyl (C=O) groups excluding carboxylic acids is 1. The quantitative estimate of drug-likeness (QED) is 0.425. The van der Waals surface area contributed by atoms with Crippen LogP contribution in [0.4, 0.5) is 5.82 Å². The number of nitrogens with two attached hydrogens (primary N) is 1. The zero-order valence-corrected chi connectivity index (χ0v) is 12.4. The monoisotopic (exact) mass is 319 g/mol. The number of nitrogens with zero attached hydrogens (tertiary/aromatic N) is 1. The van der Waals surface area contributed by atoms with E-state index in [-0.39, 0.29) is 18.7 Å². The molecule has 0 saturated carbocycles. The second-order valence-electron chi connectivity index (χ2n) is 5.27. The third-order valence-corrected chi connectivity index (χ3v) is 3.33. The summed E-state index contributed by atoms with van der Waals surface area (Å²) in [5.74, 6) is -1.64. The summed E-state index contributed by atoms with van der Waals surface area (Å²) < 4.78 is 5.25. The minimum absolute atomic E-state index is 0.0954. The fourth-order valence-electron chi connectivity index (χ4n) is 2.28. The zero-order chi connectivity index (χ0) is 16.8. The summed E-state index contributed by atoms with van der Waals surface area (Å²) in [6.45, 7) is 0. The Balaban J connectivity index is 1.90. The molecule has 1 aromatic heterocycles. The van der Waals surface area contributed by atoms with Crippen LogP contribution in [0.25, 0.3) is 0 Å². The fraction of sp³-hybridized carbons (Fsp3) is 0.357. The average molecular weight is 319 g/mol. The molecule has 0 aliphatic carbocycles. The Labute approximate surface area is 133 Å². The van der Waals surface area contributed by atoms with Gasteiger partial charge in [-0.25, -0.2) is 4.98 Å². The summed E-state index contributed by atoms with van der Waals surface area (Å²) in [4.78, 5) is 26.6. The number of rotatable bonds is 5. The standard InChI is InChI=1S/C14H18BN3O5/c16-12-6-9(4-5-17-12)7-13(19)18-11-3-1-2-10(8-14(20)21)23-15(11)22/h1-2,4-6,10-11,22H,3,7-8H2,(H2,16,17)(H,18,19)(H,20,21). The lowest BCUT2D eigenvalue weighted by Gasteiger charge is -2.20. The molecule has 0 fully saturated rings. The van der Waals surface area contributed by atoms with Crippen LogP contribution < -0.4 is 11.1 Å². The van der Waals surface area contributed by atoms with Gasteiger partial charge in [0.1, 0.15) is 5.82 Å². The van der Waals surface area contributed by atoms with E-state index in [0.717, 1.165) is 0 Å². The maximum absolute atomic E-state index is 12.1. The van der Waals surface area contributed by atoms with Crippen molar-refractivity contribution in [2.24, 2.45) is 0 Å². The number of hydrogen-bond acceptors (Lipinski definition) is 6. The van der Waals surface area contributed by atoms with Gasteiger partial charge in [0.2, 0.25) is 5.91 Å². The average Bonchev–Trinajstić information content (AvgIpc) is 2.60. The van der Waals surface area contributed by atoms with Crippen molar-refractivity contribution in [3.63, 3.8) is 0 Å². The van der Waals surface area contributed by atoms with Gasteiger partial charge < -0.3 is 25.8 Å². The van der Waals surface area contributed by atoms with Crippen molar-refractivity contribution in [1.29, 1.82) is 0 Å². The predicted octanol–water partition coefficient (Wildman–Crippen LogP) is -0.469. The Hall–Kier alpha value is -2.39.